The van der Waals surface area contributed by atoms with Gasteiger partial charge >= 0.3 is 0 Å². The summed E-state index contributed by atoms with van der Waals surface area (Å²) < 4.78 is 18.5. The van der Waals surface area contributed by atoms with Crippen molar-refractivity contribution in [3.63, 3.8) is 0 Å². The van der Waals surface area contributed by atoms with Crippen molar-refractivity contribution in [3.05, 3.63) is 35.3 Å². The van der Waals surface area contributed by atoms with Crippen LogP contribution in [0.5, 0.6) is 0 Å². The maximum absolute atomic E-state index is 13.1. The summed E-state index contributed by atoms with van der Waals surface area (Å²) in [6.07, 6.45) is 1.67. The largest absolute Gasteiger partial charge is 0.464 e. The average molecular weight is 193 g/mol. The van der Waals surface area contributed by atoms with Crippen molar-refractivity contribution in [2.24, 2.45) is 0 Å². The van der Waals surface area contributed by atoms with Crippen molar-refractivity contribution < 1.29 is 8.81 Å². The minimum absolute atomic E-state index is 0.214. The molecule has 3 heteroatoms. The molecule has 0 bridgehead atoms. The average Bonchev–Trinajstić information content (AvgIpc) is 2.49. The van der Waals surface area contributed by atoms with Crippen molar-refractivity contribution in [2.45, 2.75) is 13.5 Å². The monoisotopic (exact) mass is 193 g/mol. The zero-order valence-electron chi connectivity index (χ0n) is 8.23. The molecule has 0 saturated carbocycles. The van der Waals surface area contributed by atoms with Crippen molar-refractivity contribution in [1.82, 2.24) is 5.32 Å². The molecule has 0 fully saturated rings. The van der Waals surface area contributed by atoms with E-state index in [-0.39, 0.29) is 5.82 Å². The maximum atomic E-state index is 13.1. The standard InChI is InChI=1S/C11H12FNO/c1-7-3-9(12)4-10-8(5-13-2)6-14-11(7)10/h3-4,6,13H,5H2,1-2H3. The molecular formula is C11H12FNO. The normalized spacial score (nSPS) is 11.1. The maximum Gasteiger partial charge on any atom is 0.137 e. The fraction of sp³-hybridized carbons (Fsp3) is 0.273. The van der Waals surface area contributed by atoms with Gasteiger partial charge in [0.25, 0.3) is 0 Å². The highest BCUT2D eigenvalue weighted by Gasteiger charge is 2.08. The highest BCUT2D eigenvalue weighted by molar-refractivity contribution is 5.83. The van der Waals surface area contributed by atoms with Gasteiger partial charge in [-0.2, -0.15) is 0 Å². The first-order valence-corrected chi connectivity index (χ1v) is 4.53. The van der Waals surface area contributed by atoms with Crippen LogP contribution in [0.25, 0.3) is 11.0 Å². The molecule has 0 spiro atoms. The fourth-order valence-corrected chi connectivity index (χ4v) is 1.65. The fourth-order valence-electron chi connectivity index (χ4n) is 1.65. The number of halogens is 1. The SMILES string of the molecule is CNCc1coc2c(C)cc(F)cc12. The molecule has 2 nitrogen and oxygen atoms in total. The summed E-state index contributed by atoms with van der Waals surface area (Å²) in [4.78, 5) is 0. The van der Waals surface area contributed by atoms with Gasteiger partial charge in [0.05, 0.1) is 6.26 Å². The minimum atomic E-state index is -0.214. The molecule has 0 amide bonds. The smallest absolute Gasteiger partial charge is 0.137 e. The van der Waals surface area contributed by atoms with E-state index in [2.05, 4.69) is 5.32 Å². The van der Waals surface area contributed by atoms with Gasteiger partial charge in [-0.25, -0.2) is 4.39 Å². The highest BCUT2D eigenvalue weighted by atomic mass is 19.1. The van der Waals surface area contributed by atoms with Crippen LogP contribution in [0.15, 0.2) is 22.8 Å². The zero-order valence-corrected chi connectivity index (χ0v) is 8.23. The summed E-state index contributed by atoms with van der Waals surface area (Å²) >= 11 is 0. The molecule has 0 saturated heterocycles. The van der Waals surface area contributed by atoms with Gasteiger partial charge in [-0.1, -0.05) is 0 Å². The molecule has 0 atom stereocenters. The van der Waals surface area contributed by atoms with E-state index >= 15 is 0 Å². The topological polar surface area (TPSA) is 25.2 Å². The van der Waals surface area contributed by atoms with Gasteiger partial charge in [0, 0.05) is 17.5 Å². The Morgan fingerprint density at radius 3 is 2.93 bits per heavy atom. The van der Waals surface area contributed by atoms with Crippen molar-refractivity contribution >= 4 is 11.0 Å². The number of rotatable bonds is 2. The second-order valence-corrected chi connectivity index (χ2v) is 3.39. The Labute approximate surface area is 81.7 Å². The van der Waals surface area contributed by atoms with Crippen LogP contribution in [0.4, 0.5) is 4.39 Å². The Morgan fingerprint density at radius 1 is 1.43 bits per heavy atom. The van der Waals surface area contributed by atoms with Crippen molar-refractivity contribution in [2.75, 3.05) is 7.05 Å². The zero-order chi connectivity index (χ0) is 10.1. The van der Waals surface area contributed by atoms with Gasteiger partial charge in [-0.05, 0) is 31.7 Å². The van der Waals surface area contributed by atoms with Crippen LogP contribution < -0.4 is 5.32 Å². The number of benzene rings is 1. The molecule has 0 unspecified atom stereocenters. The number of fused-ring (bicyclic) bond motifs is 1. The van der Waals surface area contributed by atoms with Gasteiger partial charge in [0.2, 0.25) is 0 Å². The van der Waals surface area contributed by atoms with E-state index in [0.717, 1.165) is 22.1 Å². The van der Waals surface area contributed by atoms with Crippen LogP contribution >= 0.6 is 0 Å². The third kappa shape index (κ3) is 1.40. The second-order valence-electron chi connectivity index (χ2n) is 3.39. The Hall–Kier alpha value is -1.35. The molecule has 0 aliphatic heterocycles. The van der Waals surface area contributed by atoms with E-state index in [1.807, 2.05) is 14.0 Å². The van der Waals surface area contributed by atoms with Crippen LogP contribution in [-0.4, -0.2) is 7.05 Å². The minimum Gasteiger partial charge on any atom is -0.464 e. The van der Waals surface area contributed by atoms with E-state index in [0.29, 0.717) is 6.54 Å². The molecule has 0 aliphatic rings. The van der Waals surface area contributed by atoms with Gasteiger partial charge in [-0.15, -0.1) is 0 Å². The molecule has 0 aliphatic carbocycles. The van der Waals surface area contributed by atoms with Crippen LogP contribution in [0.1, 0.15) is 11.1 Å². The molecule has 0 radical (unpaired) electrons. The van der Waals surface area contributed by atoms with E-state index in [1.165, 1.54) is 12.1 Å². The second kappa shape index (κ2) is 3.42. The van der Waals surface area contributed by atoms with E-state index in [1.54, 1.807) is 6.26 Å². The predicted molar refractivity (Wildman–Crippen MR) is 53.7 cm³/mol. The Bertz CT molecular complexity index is 462. The van der Waals surface area contributed by atoms with Crippen LogP contribution in [-0.2, 0) is 6.54 Å². The molecule has 1 aromatic heterocycles. The number of furan rings is 1. The Kier molecular flexibility index (Phi) is 2.25. The van der Waals surface area contributed by atoms with Gasteiger partial charge in [-0.3, -0.25) is 0 Å². The van der Waals surface area contributed by atoms with E-state index in [9.17, 15) is 4.39 Å². The Morgan fingerprint density at radius 2 is 2.21 bits per heavy atom. The van der Waals surface area contributed by atoms with Gasteiger partial charge in [0.1, 0.15) is 11.4 Å². The lowest BCUT2D eigenvalue weighted by Crippen LogP contribution is -2.04. The van der Waals surface area contributed by atoms with Crippen molar-refractivity contribution in [1.29, 1.82) is 0 Å². The van der Waals surface area contributed by atoms with Crippen molar-refractivity contribution in [3.8, 4) is 0 Å². The number of nitrogens with one attached hydrogen (secondary N) is 1. The van der Waals surface area contributed by atoms with Gasteiger partial charge < -0.3 is 9.73 Å². The van der Waals surface area contributed by atoms with Crippen LogP contribution in [0, 0.1) is 12.7 Å². The molecule has 1 aromatic carbocycles. The van der Waals surface area contributed by atoms with E-state index < -0.39 is 0 Å². The van der Waals surface area contributed by atoms with Gasteiger partial charge in [0.15, 0.2) is 0 Å². The lowest BCUT2D eigenvalue weighted by atomic mass is 10.1. The third-order valence-electron chi connectivity index (χ3n) is 2.27. The molecule has 2 rings (SSSR count). The van der Waals surface area contributed by atoms with Crippen LogP contribution in [0.3, 0.4) is 0 Å². The number of hydrogen-bond acceptors (Lipinski definition) is 2. The first-order chi connectivity index (χ1) is 6.72. The quantitative estimate of drug-likeness (QED) is 0.793. The van der Waals surface area contributed by atoms with E-state index in [4.69, 9.17) is 4.42 Å². The predicted octanol–water partition coefficient (Wildman–Crippen LogP) is 2.60. The molecule has 74 valence electrons. The summed E-state index contributed by atoms with van der Waals surface area (Å²) in [6.45, 7) is 2.54. The third-order valence-corrected chi connectivity index (χ3v) is 2.27. The molecular weight excluding hydrogens is 181 g/mol. The summed E-state index contributed by atoms with van der Waals surface area (Å²) in [5, 5.41) is 3.88. The molecule has 1 heterocycles. The molecule has 2 aromatic rings. The first-order valence-electron chi connectivity index (χ1n) is 4.53. The Balaban J connectivity index is 2.66. The summed E-state index contributed by atoms with van der Waals surface area (Å²) in [5.74, 6) is -0.214. The highest BCUT2D eigenvalue weighted by Crippen LogP contribution is 2.25. The summed E-state index contributed by atoms with van der Waals surface area (Å²) in [5.41, 5.74) is 2.60. The number of hydrogen-bond donors (Lipinski definition) is 1. The molecule has 1 N–H and O–H groups in total. The molecule has 14 heavy (non-hydrogen) atoms. The summed E-state index contributed by atoms with van der Waals surface area (Å²) in [6, 6.07) is 2.99. The van der Waals surface area contributed by atoms with Crippen LogP contribution in [0.2, 0.25) is 0 Å². The lowest BCUT2D eigenvalue weighted by Gasteiger charge is -1.98. The first kappa shape index (κ1) is 9.21. The number of aryl methyl sites for hydroxylation is 1. The summed E-state index contributed by atoms with van der Waals surface area (Å²) in [7, 11) is 1.85. The lowest BCUT2D eigenvalue weighted by molar-refractivity contribution is 0.600.